The highest BCUT2D eigenvalue weighted by Gasteiger charge is 2.43. The maximum atomic E-state index is 14.4. The molecule has 1 atom stereocenters. The topological polar surface area (TPSA) is 62.7 Å². The molecule has 0 aliphatic carbocycles. The first kappa shape index (κ1) is 21.3. The van der Waals surface area contributed by atoms with Crippen LogP contribution in [0.5, 0.6) is 0 Å². The quantitative estimate of drug-likeness (QED) is 0.693. The predicted molar refractivity (Wildman–Crippen MR) is 101 cm³/mol. The summed E-state index contributed by atoms with van der Waals surface area (Å²) in [5.41, 5.74) is -0.583. The fraction of sp³-hybridized carbons (Fsp3) is 0.250. The molecule has 30 heavy (non-hydrogen) atoms. The highest BCUT2D eigenvalue weighted by atomic mass is 19.4. The molecule has 0 saturated carbocycles. The molecular formula is C20H17F4N3O3. The van der Waals surface area contributed by atoms with Gasteiger partial charge in [-0.3, -0.25) is 4.79 Å². The van der Waals surface area contributed by atoms with Crippen LogP contribution in [0.1, 0.15) is 16.8 Å². The van der Waals surface area contributed by atoms with Crippen molar-refractivity contribution in [2.45, 2.75) is 19.1 Å². The number of halogens is 4. The van der Waals surface area contributed by atoms with Gasteiger partial charge in [0.15, 0.2) is 6.04 Å². The largest absolute Gasteiger partial charge is 0.446 e. The molecule has 1 aromatic heterocycles. The van der Waals surface area contributed by atoms with Crippen molar-refractivity contribution in [3.05, 3.63) is 59.5 Å². The number of nitrogens with zero attached hydrogens (tertiary/aromatic N) is 3. The summed E-state index contributed by atoms with van der Waals surface area (Å²) in [6.45, 7) is 4.45. The molecule has 1 unspecified atom stereocenters. The van der Waals surface area contributed by atoms with Crippen molar-refractivity contribution in [1.29, 1.82) is 0 Å². The third-order valence-corrected chi connectivity index (χ3v) is 4.57. The molecule has 1 saturated heterocycles. The summed E-state index contributed by atoms with van der Waals surface area (Å²) >= 11 is 0. The minimum atomic E-state index is -4.67. The van der Waals surface area contributed by atoms with Crippen molar-refractivity contribution < 1.29 is 31.9 Å². The number of hydrogen-bond acceptors (Lipinski definition) is 4. The van der Waals surface area contributed by atoms with Crippen LogP contribution in [0.4, 0.5) is 33.9 Å². The van der Waals surface area contributed by atoms with Gasteiger partial charge in [-0.1, -0.05) is 18.7 Å². The predicted octanol–water partition coefficient (Wildman–Crippen LogP) is 4.18. The van der Waals surface area contributed by atoms with E-state index in [0.29, 0.717) is 11.6 Å². The number of rotatable bonds is 4. The van der Waals surface area contributed by atoms with E-state index in [0.717, 1.165) is 15.9 Å². The Morgan fingerprint density at radius 1 is 1.33 bits per heavy atom. The Labute approximate surface area is 169 Å². The molecular weight excluding hydrogens is 406 g/mol. The molecule has 158 valence electrons. The second kappa shape index (κ2) is 7.77. The molecule has 2 aromatic rings. The molecule has 0 spiro atoms. The number of ether oxygens (including phenoxy) is 1. The van der Waals surface area contributed by atoms with E-state index in [2.05, 4.69) is 11.6 Å². The number of alkyl halides is 3. The summed E-state index contributed by atoms with van der Waals surface area (Å²) < 4.78 is 58.7. The number of anilines is 2. The summed E-state index contributed by atoms with van der Waals surface area (Å²) in [5.74, 6) is -1.82. The lowest BCUT2D eigenvalue weighted by molar-refractivity contribution is -0.137. The number of carbonyl (C=O) groups is 2. The number of aromatic nitrogens is 1. The molecule has 2 heterocycles. The van der Waals surface area contributed by atoms with Crippen molar-refractivity contribution >= 4 is 29.6 Å². The van der Waals surface area contributed by atoms with Crippen LogP contribution < -0.4 is 9.80 Å². The Bertz CT molecular complexity index is 1020. The Hall–Kier alpha value is -3.43. The van der Waals surface area contributed by atoms with Crippen LogP contribution >= 0.6 is 0 Å². The molecule has 0 bridgehead atoms. The van der Waals surface area contributed by atoms with Crippen LogP contribution in [-0.4, -0.2) is 36.7 Å². The molecule has 1 fully saturated rings. The maximum Gasteiger partial charge on any atom is 0.416 e. The van der Waals surface area contributed by atoms with Crippen molar-refractivity contribution in [2.75, 3.05) is 23.5 Å². The van der Waals surface area contributed by atoms with Crippen molar-refractivity contribution in [3.8, 4) is 0 Å². The highest BCUT2D eigenvalue weighted by Crippen LogP contribution is 2.33. The first-order valence-electron chi connectivity index (χ1n) is 8.74. The Balaban J connectivity index is 1.96. The van der Waals surface area contributed by atoms with Crippen LogP contribution in [0.15, 0.2) is 36.9 Å². The number of likely N-dealkylation sites (N-methyl/N-ethyl adjacent to an activating group) is 1. The number of benzene rings is 1. The van der Waals surface area contributed by atoms with Gasteiger partial charge in [-0.25, -0.2) is 19.1 Å². The van der Waals surface area contributed by atoms with Gasteiger partial charge in [0, 0.05) is 12.7 Å². The number of carbonyl (C=O) groups excluding carboxylic acids is 2. The zero-order valence-electron chi connectivity index (χ0n) is 16.0. The van der Waals surface area contributed by atoms with Gasteiger partial charge < -0.3 is 9.64 Å². The smallest absolute Gasteiger partial charge is 0.416 e. The third-order valence-electron chi connectivity index (χ3n) is 4.57. The van der Waals surface area contributed by atoms with Gasteiger partial charge in [-0.2, -0.15) is 13.2 Å². The fourth-order valence-electron chi connectivity index (χ4n) is 3.06. The summed E-state index contributed by atoms with van der Waals surface area (Å²) in [7, 11) is 1.29. The fourth-order valence-corrected chi connectivity index (χ4v) is 3.06. The average molecular weight is 423 g/mol. The SMILES string of the molecule is C=Cc1ccc(N(C)C(=O)C2COC(=O)N2c2cc(C(F)(F)F)cc(C)n2)c(F)c1. The summed E-state index contributed by atoms with van der Waals surface area (Å²) in [6, 6.07) is 4.26. The normalized spacial score (nSPS) is 16.4. The molecule has 0 N–H and O–H groups in total. The minimum absolute atomic E-state index is 0.00476. The average Bonchev–Trinajstić information content (AvgIpc) is 3.07. The molecule has 1 aromatic carbocycles. The Morgan fingerprint density at radius 2 is 2.03 bits per heavy atom. The summed E-state index contributed by atoms with van der Waals surface area (Å²) in [6.07, 6.45) is -4.25. The van der Waals surface area contributed by atoms with Gasteiger partial charge >= 0.3 is 12.3 Å². The lowest BCUT2D eigenvalue weighted by atomic mass is 10.1. The highest BCUT2D eigenvalue weighted by molar-refractivity contribution is 6.05. The van der Waals surface area contributed by atoms with Crippen LogP contribution in [0.2, 0.25) is 0 Å². The van der Waals surface area contributed by atoms with E-state index in [9.17, 15) is 27.2 Å². The number of amides is 2. The van der Waals surface area contributed by atoms with Crippen molar-refractivity contribution in [1.82, 2.24) is 4.98 Å². The summed E-state index contributed by atoms with van der Waals surface area (Å²) in [5, 5.41) is 0. The standard InChI is InChI=1S/C20H17F4N3O3/c1-4-12-5-6-15(14(21)8-12)26(3)18(28)16-10-30-19(29)27(16)17-9-13(20(22,23)24)7-11(2)25-17/h4-9,16H,1,10H2,2-3H3. The van der Waals surface area contributed by atoms with Gasteiger partial charge in [-0.15, -0.1) is 0 Å². The number of hydrogen-bond donors (Lipinski definition) is 0. The van der Waals surface area contributed by atoms with Crippen LogP contribution in [0.3, 0.4) is 0 Å². The van der Waals surface area contributed by atoms with E-state index in [-0.39, 0.29) is 17.2 Å². The molecule has 6 nitrogen and oxygen atoms in total. The second-order valence-electron chi connectivity index (χ2n) is 6.63. The Morgan fingerprint density at radius 3 is 2.63 bits per heavy atom. The first-order valence-corrected chi connectivity index (χ1v) is 8.74. The molecule has 1 aliphatic heterocycles. The zero-order valence-corrected chi connectivity index (χ0v) is 16.0. The van der Waals surface area contributed by atoms with Crippen LogP contribution in [0, 0.1) is 12.7 Å². The zero-order chi connectivity index (χ0) is 22.2. The lowest BCUT2D eigenvalue weighted by Crippen LogP contribution is -2.47. The van der Waals surface area contributed by atoms with Gasteiger partial charge in [-0.05, 0) is 36.8 Å². The van der Waals surface area contributed by atoms with E-state index in [1.807, 2.05) is 0 Å². The number of aryl methyl sites for hydroxylation is 1. The monoisotopic (exact) mass is 423 g/mol. The van der Waals surface area contributed by atoms with Gasteiger partial charge in [0.1, 0.15) is 18.2 Å². The van der Waals surface area contributed by atoms with Crippen LogP contribution in [-0.2, 0) is 15.7 Å². The van der Waals surface area contributed by atoms with Crippen molar-refractivity contribution in [2.24, 2.45) is 0 Å². The first-order chi connectivity index (χ1) is 14.0. The maximum absolute atomic E-state index is 14.4. The molecule has 1 aliphatic rings. The van der Waals surface area contributed by atoms with Gasteiger partial charge in [0.25, 0.3) is 5.91 Å². The number of cyclic esters (lactones) is 1. The Kier molecular flexibility index (Phi) is 5.51. The van der Waals surface area contributed by atoms with Crippen molar-refractivity contribution in [3.63, 3.8) is 0 Å². The third kappa shape index (κ3) is 3.98. The molecule has 3 rings (SSSR count). The van der Waals surface area contributed by atoms with Gasteiger partial charge in [0.2, 0.25) is 0 Å². The van der Waals surface area contributed by atoms with E-state index in [1.165, 1.54) is 32.2 Å². The molecule has 0 radical (unpaired) electrons. The van der Waals surface area contributed by atoms with E-state index in [1.54, 1.807) is 6.07 Å². The van der Waals surface area contributed by atoms with E-state index >= 15 is 0 Å². The van der Waals surface area contributed by atoms with E-state index < -0.39 is 42.2 Å². The summed E-state index contributed by atoms with van der Waals surface area (Å²) in [4.78, 5) is 30.8. The van der Waals surface area contributed by atoms with E-state index in [4.69, 9.17) is 4.74 Å². The van der Waals surface area contributed by atoms with Gasteiger partial charge in [0.05, 0.1) is 11.3 Å². The lowest BCUT2D eigenvalue weighted by Gasteiger charge is -2.26. The number of pyridine rings is 1. The molecule has 10 heteroatoms. The molecule has 2 amide bonds. The minimum Gasteiger partial charge on any atom is -0.446 e. The second-order valence-corrected chi connectivity index (χ2v) is 6.63. The van der Waals surface area contributed by atoms with Crippen LogP contribution in [0.25, 0.3) is 6.08 Å².